The van der Waals surface area contributed by atoms with Crippen LogP contribution in [0.25, 0.3) is 0 Å². The zero-order valence-electron chi connectivity index (χ0n) is 17.9. The number of aliphatic hydroxyl groups is 1. The van der Waals surface area contributed by atoms with Gasteiger partial charge >= 0.3 is 0 Å². The van der Waals surface area contributed by atoms with Crippen LogP contribution in [0.4, 0.5) is 11.6 Å². The van der Waals surface area contributed by atoms with Crippen molar-refractivity contribution in [3.63, 3.8) is 0 Å². The van der Waals surface area contributed by atoms with Gasteiger partial charge in [-0.15, -0.1) is 0 Å². The van der Waals surface area contributed by atoms with Crippen LogP contribution in [0.1, 0.15) is 70.2 Å². The predicted molar refractivity (Wildman–Crippen MR) is 117 cm³/mol. The summed E-state index contributed by atoms with van der Waals surface area (Å²) in [5.41, 5.74) is -0.140. The molecular weight excluding hydrogens is 380 g/mol. The van der Waals surface area contributed by atoms with Gasteiger partial charge in [0.2, 0.25) is 0 Å². The zero-order chi connectivity index (χ0) is 21.1. The van der Waals surface area contributed by atoms with Gasteiger partial charge in [0.25, 0.3) is 5.56 Å². The molecule has 2 aromatic heterocycles. The lowest BCUT2D eigenvalue weighted by molar-refractivity contribution is 0.127. The number of aliphatic hydroxyl groups excluding tert-OH is 1. The quantitative estimate of drug-likeness (QED) is 0.753. The van der Waals surface area contributed by atoms with Crippen LogP contribution in [0.3, 0.4) is 0 Å². The second-order valence-electron chi connectivity index (χ2n) is 8.72. The maximum atomic E-state index is 12.4. The second kappa shape index (κ2) is 9.12. The maximum absolute atomic E-state index is 12.4. The minimum atomic E-state index is -0.489. The molecule has 1 saturated carbocycles. The number of nitrogens with zero attached hydrogens (tertiary/aromatic N) is 5. The largest absolute Gasteiger partial charge is 0.391 e. The normalized spacial score (nSPS) is 24.4. The summed E-state index contributed by atoms with van der Waals surface area (Å²) in [5, 5.41) is 18.4. The third-order valence-corrected chi connectivity index (χ3v) is 6.20. The summed E-state index contributed by atoms with van der Waals surface area (Å²) in [6.45, 7) is 5.83. The molecule has 1 saturated heterocycles. The van der Waals surface area contributed by atoms with Crippen LogP contribution >= 0.6 is 0 Å². The van der Waals surface area contributed by atoms with Gasteiger partial charge in [-0.05, 0) is 50.7 Å². The summed E-state index contributed by atoms with van der Waals surface area (Å²) in [7, 11) is 0. The van der Waals surface area contributed by atoms with E-state index in [0.717, 1.165) is 62.7 Å². The minimum absolute atomic E-state index is 0.140. The van der Waals surface area contributed by atoms with Gasteiger partial charge in [-0.1, -0.05) is 13.8 Å². The molecule has 8 nitrogen and oxygen atoms in total. The summed E-state index contributed by atoms with van der Waals surface area (Å²) in [5.74, 6) is 2.77. The average molecular weight is 413 g/mol. The van der Waals surface area contributed by atoms with Crippen LogP contribution in [-0.4, -0.2) is 50.1 Å². The van der Waals surface area contributed by atoms with E-state index >= 15 is 0 Å². The van der Waals surface area contributed by atoms with Crippen molar-refractivity contribution in [1.82, 2.24) is 19.7 Å². The number of rotatable bonds is 6. The van der Waals surface area contributed by atoms with E-state index in [9.17, 15) is 9.90 Å². The molecular formula is C22H32N6O2. The lowest BCUT2D eigenvalue weighted by atomic mass is 10.0. The van der Waals surface area contributed by atoms with Gasteiger partial charge in [0.1, 0.15) is 17.5 Å². The highest BCUT2D eigenvalue weighted by Gasteiger charge is 2.30. The van der Waals surface area contributed by atoms with Crippen molar-refractivity contribution in [1.29, 1.82) is 0 Å². The molecule has 30 heavy (non-hydrogen) atoms. The SMILES string of the molecule is CC(C)c1nccc(NCC2CCCCN2c2ccc(=O)n(C3CCCC3O)n2)n1. The van der Waals surface area contributed by atoms with Gasteiger partial charge in [0.15, 0.2) is 0 Å². The molecule has 8 heteroatoms. The van der Waals surface area contributed by atoms with E-state index in [4.69, 9.17) is 0 Å². The van der Waals surface area contributed by atoms with Crippen LogP contribution < -0.4 is 15.8 Å². The molecule has 0 spiro atoms. The average Bonchev–Trinajstić information content (AvgIpc) is 3.19. The molecule has 1 aliphatic carbocycles. The minimum Gasteiger partial charge on any atom is -0.391 e. The summed E-state index contributed by atoms with van der Waals surface area (Å²) < 4.78 is 1.51. The highest BCUT2D eigenvalue weighted by atomic mass is 16.3. The fraction of sp³-hybridized carbons (Fsp3) is 0.636. The molecule has 4 rings (SSSR count). The first-order valence-corrected chi connectivity index (χ1v) is 11.1. The maximum Gasteiger partial charge on any atom is 0.267 e. The smallest absolute Gasteiger partial charge is 0.267 e. The van der Waals surface area contributed by atoms with E-state index in [2.05, 4.69) is 39.1 Å². The molecule has 0 radical (unpaired) electrons. The standard InChI is InChI=1S/C22H32N6O2/c1-15(2)22-23-12-11-19(25-22)24-14-16-6-3-4-13-27(16)20-9-10-21(30)28(26-20)17-7-5-8-18(17)29/h9-12,15-18,29H,3-8,13-14H2,1-2H3,(H,23,24,25). The van der Waals surface area contributed by atoms with Crippen LogP contribution in [0.2, 0.25) is 0 Å². The molecule has 1 aliphatic heterocycles. The molecule has 2 aliphatic rings. The van der Waals surface area contributed by atoms with Crippen molar-refractivity contribution < 1.29 is 5.11 Å². The molecule has 162 valence electrons. The number of aromatic nitrogens is 4. The third-order valence-electron chi connectivity index (χ3n) is 6.20. The monoisotopic (exact) mass is 412 g/mol. The lowest BCUT2D eigenvalue weighted by Gasteiger charge is -2.37. The van der Waals surface area contributed by atoms with E-state index in [1.165, 1.54) is 11.1 Å². The van der Waals surface area contributed by atoms with E-state index < -0.39 is 6.10 Å². The van der Waals surface area contributed by atoms with Gasteiger partial charge in [0, 0.05) is 37.3 Å². The Labute approximate surface area is 177 Å². The molecule has 0 amide bonds. The number of piperidine rings is 1. The fourth-order valence-electron chi connectivity index (χ4n) is 4.50. The molecule has 2 N–H and O–H groups in total. The predicted octanol–water partition coefficient (Wildman–Crippen LogP) is 2.71. The Balaban J connectivity index is 1.51. The Morgan fingerprint density at radius 2 is 2.03 bits per heavy atom. The fourth-order valence-corrected chi connectivity index (χ4v) is 4.50. The Bertz CT molecular complexity index is 914. The Kier molecular flexibility index (Phi) is 6.32. The summed E-state index contributed by atoms with van der Waals surface area (Å²) in [6, 6.07) is 5.36. The number of hydrogen-bond donors (Lipinski definition) is 2. The van der Waals surface area contributed by atoms with Crippen molar-refractivity contribution in [2.75, 3.05) is 23.3 Å². The van der Waals surface area contributed by atoms with Gasteiger partial charge < -0.3 is 15.3 Å². The number of anilines is 2. The van der Waals surface area contributed by atoms with Gasteiger partial charge in [-0.25, -0.2) is 14.6 Å². The van der Waals surface area contributed by atoms with Crippen LogP contribution in [0.15, 0.2) is 29.2 Å². The molecule has 2 fully saturated rings. The number of hydrogen-bond acceptors (Lipinski definition) is 7. The van der Waals surface area contributed by atoms with Crippen molar-refractivity contribution in [2.24, 2.45) is 0 Å². The summed E-state index contributed by atoms with van der Waals surface area (Å²) in [4.78, 5) is 23.6. The van der Waals surface area contributed by atoms with Crippen LogP contribution in [0, 0.1) is 0 Å². The van der Waals surface area contributed by atoms with Crippen molar-refractivity contribution in [3.8, 4) is 0 Å². The van der Waals surface area contributed by atoms with E-state index in [1.54, 1.807) is 12.3 Å². The molecule has 3 heterocycles. The summed E-state index contributed by atoms with van der Waals surface area (Å²) in [6.07, 6.45) is 7.11. The molecule has 3 atom stereocenters. The molecule has 2 aromatic rings. The highest BCUT2D eigenvalue weighted by molar-refractivity contribution is 5.41. The van der Waals surface area contributed by atoms with E-state index in [-0.39, 0.29) is 23.6 Å². The van der Waals surface area contributed by atoms with Crippen LogP contribution in [-0.2, 0) is 0 Å². The molecule has 0 bridgehead atoms. The first-order valence-electron chi connectivity index (χ1n) is 11.1. The Hall–Kier alpha value is -2.48. The second-order valence-corrected chi connectivity index (χ2v) is 8.72. The van der Waals surface area contributed by atoms with E-state index in [0.29, 0.717) is 0 Å². The molecule has 3 unspecified atom stereocenters. The molecule has 0 aromatic carbocycles. The Morgan fingerprint density at radius 1 is 1.17 bits per heavy atom. The first-order chi connectivity index (χ1) is 14.5. The van der Waals surface area contributed by atoms with Crippen LogP contribution in [0.5, 0.6) is 0 Å². The Morgan fingerprint density at radius 3 is 2.80 bits per heavy atom. The topological polar surface area (TPSA) is 96.2 Å². The van der Waals surface area contributed by atoms with Crippen molar-refractivity contribution in [2.45, 2.75) is 76.5 Å². The number of nitrogens with one attached hydrogen (secondary N) is 1. The van der Waals surface area contributed by atoms with Crippen molar-refractivity contribution >= 4 is 11.6 Å². The summed E-state index contributed by atoms with van der Waals surface area (Å²) >= 11 is 0. The van der Waals surface area contributed by atoms with E-state index in [1.807, 2.05) is 12.1 Å². The third kappa shape index (κ3) is 4.48. The lowest BCUT2D eigenvalue weighted by Crippen LogP contribution is -2.45. The first kappa shape index (κ1) is 20.8. The van der Waals surface area contributed by atoms with Gasteiger partial charge in [-0.3, -0.25) is 4.79 Å². The van der Waals surface area contributed by atoms with Gasteiger partial charge in [0.05, 0.1) is 12.1 Å². The zero-order valence-corrected chi connectivity index (χ0v) is 17.9. The highest BCUT2D eigenvalue weighted by Crippen LogP contribution is 2.29. The van der Waals surface area contributed by atoms with Gasteiger partial charge in [-0.2, -0.15) is 5.10 Å². The van der Waals surface area contributed by atoms with Crippen molar-refractivity contribution in [3.05, 3.63) is 40.6 Å².